The summed E-state index contributed by atoms with van der Waals surface area (Å²) < 4.78 is 0. The maximum atomic E-state index is 12.1. The summed E-state index contributed by atoms with van der Waals surface area (Å²) >= 11 is 0. The van der Waals surface area contributed by atoms with Crippen LogP contribution in [0.15, 0.2) is 0 Å². The van der Waals surface area contributed by atoms with Gasteiger partial charge in [-0.1, -0.05) is 20.3 Å². The standard InChI is InChI=1S/C13H27N3O/c1-9(2)12(8-14)13(17)15-16-10(3)6-5-7-11(16)4/h9-12H,5-8,14H2,1-4H3,(H,15,17). The fourth-order valence-corrected chi connectivity index (χ4v) is 2.53. The minimum absolute atomic E-state index is 0.0723. The Morgan fingerprint density at radius 3 is 2.29 bits per heavy atom. The van der Waals surface area contributed by atoms with Gasteiger partial charge in [-0.25, -0.2) is 5.01 Å². The van der Waals surface area contributed by atoms with Crippen molar-refractivity contribution >= 4 is 5.91 Å². The molecule has 1 amide bonds. The molecule has 3 atom stereocenters. The molecule has 1 aliphatic heterocycles. The molecular weight excluding hydrogens is 214 g/mol. The van der Waals surface area contributed by atoms with E-state index in [2.05, 4.69) is 24.3 Å². The monoisotopic (exact) mass is 241 g/mol. The maximum Gasteiger partial charge on any atom is 0.238 e. The molecule has 4 nitrogen and oxygen atoms in total. The highest BCUT2D eigenvalue weighted by Crippen LogP contribution is 2.21. The van der Waals surface area contributed by atoms with Crippen LogP contribution in [0.5, 0.6) is 0 Å². The van der Waals surface area contributed by atoms with E-state index in [1.54, 1.807) is 0 Å². The molecular formula is C13H27N3O. The van der Waals surface area contributed by atoms with Gasteiger partial charge in [-0.2, -0.15) is 0 Å². The quantitative estimate of drug-likeness (QED) is 0.784. The van der Waals surface area contributed by atoms with Crippen LogP contribution in [0.3, 0.4) is 0 Å². The smallest absolute Gasteiger partial charge is 0.238 e. The molecule has 1 fully saturated rings. The average molecular weight is 241 g/mol. The minimum atomic E-state index is -0.0867. The molecule has 1 saturated heterocycles. The third-order valence-electron chi connectivity index (χ3n) is 3.83. The number of nitrogens with two attached hydrogens (primary N) is 1. The largest absolute Gasteiger partial charge is 0.330 e. The second-order valence-electron chi connectivity index (χ2n) is 5.60. The van der Waals surface area contributed by atoms with E-state index < -0.39 is 0 Å². The number of piperidine rings is 1. The Labute approximate surface area is 105 Å². The van der Waals surface area contributed by atoms with Crippen molar-refractivity contribution in [1.29, 1.82) is 0 Å². The van der Waals surface area contributed by atoms with E-state index in [0.717, 1.165) is 12.8 Å². The normalized spacial score (nSPS) is 28.1. The first kappa shape index (κ1) is 14.5. The van der Waals surface area contributed by atoms with Crippen LogP contribution in [0.25, 0.3) is 0 Å². The molecule has 0 spiro atoms. The van der Waals surface area contributed by atoms with E-state index in [1.807, 2.05) is 13.8 Å². The minimum Gasteiger partial charge on any atom is -0.330 e. The van der Waals surface area contributed by atoms with Crippen molar-refractivity contribution in [2.75, 3.05) is 6.54 Å². The highest BCUT2D eigenvalue weighted by Gasteiger charge is 2.29. The van der Waals surface area contributed by atoms with E-state index in [0.29, 0.717) is 18.6 Å². The van der Waals surface area contributed by atoms with Crippen LogP contribution in [0.2, 0.25) is 0 Å². The molecule has 0 aliphatic carbocycles. The molecule has 3 N–H and O–H groups in total. The zero-order chi connectivity index (χ0) is 13.0. The van der Waals surface area contributed by atoms with Gasteiger partial charge < -0.3 is 5.73 Å². The van der Waals surface area contributed by atoms with Crippen molar-refractivity contribution in [2.45, 2.75) is 59.0 Å². The van der Waals surface area contributed by atoms with E-state index in [1.165, 1.54) is 6.42 Å². The number of hydrogen-bond acceptors (Lipinski definition) is 3. The highest BCUT2D eigenvalue weighted by molar-refractivity contribution is 5.78. The highest BCUT2D eigenvalue weighted by atomic mass is 16.2. The molecule has 17 heavy (non-hydrogen) atoms. The molecule has 1 rings (SSSR count). The summed E-state index contributed by atoms with van der Waals surface area (Å²) in [6.45, 7) is 8.84. The summed E-state index contributed by atoms with van der Waals surface area (Å²) in [7, 11) is 0. The van der Waals surface area contributed by atoms with Gasteiger partial charge >= 0.3 is 0 Å². The van der Waals surface area contributed by atoms with E-state index in [-0.39, 0.29) is 17.7 Å². The lowest BCUT2D eigenvalue weighted by Crippen LogP contribution is -2.56. The van der Waals surface area contributed by atoms with Gasteiger partial charge in [0.15, 0.2) is 0 Å². The third kappa shape index (κ3) is 3.68. The van der Waals surface area contributed by atoms with Gasteiger partial charge in [0.05, 0.1) is 5.92 Å². The molecule has 0 bridgehead atoms. The van der Waals surface area contributed by atoms with Crippen molar-refractivity contribution < 1.29 is 4.79 Å². The molecule has 0 radical (unpaired) electrons. The van der Waals surface area contributed by atoms with Crippen LogP contribution < -0.4 is 11.2 Å². The molecule has 1 heterocycles. The van der Waals surface area contributed by atoms with Gasteiger partial charge in [-0.15, -0.1) is 0 Å². The number of rotatable bonds is 4. The van der Waals surface area contributed by atoms with E-state index >= 15 is 0 Å². The molecule has 0 aromatic rings. The number of nitrogens with one attached hydrogen (secondary N) is 1. The topological polar surface area (TPSA) is 58.4 Å². The van der Waals surface area contributed by atoms with Gasteiger partial charge in [-0.05, 0) is 32.6 Å². The number of carbonyl (C=O) groups is 1. The van der Waals surface area contributed by atoms with Gasteiger partial charge in [0, 0.05) is 18.6 Å². The van der Waals surface area contributed by atoms with Crippen LogP contribution in [-0.4, -0.2) is 29.5 Å². The van der Waals surface area contributed by atoms with E-state index in [4.69, 9.17) is 5.73 Å². The second kappa shape index (κ2) is 6.36. The molecule has 0 aromatic carbocycles. The number of nitrogens with zero attached hydrogens (tertiary/aromatic N) is 1. The summed E-state index contributed by atoms with van der Waals surface area (Å²) in [6, 6.07) is 0.849. The molecule has 3 unspecified atom stereocenters. The summed E-state index contributed by atoms with van der Waals surface area (Å²) in [5, 5.41) is 2.11. The van der Waals surface area contributed by atoms with Gasteiger partial charge in [0.1, 0.15) is 0 Å². The van der Waals surface area contributed by atoms with Crippen molar-refractivity contribution in [1.82, 2.24) is 10.4 Å². The summed E-state index contributed by atoms with van der Waals surface area (Å²) in [4.78, 5) is 12.1. The molecule has 0 saturated carbocycles. The predicted molar refractivity (Wildman–Crippen MR) is 70.1 cm³/mol. The molecule has 0 aromatic heterocycles. The Morgan fingerprint density at radius 1 is 1.35 bits per heavy atom. The second-order valence-corrected chi connectivity index (χ2v) is 5.60. The Morgan fingerprint density at radius 2 is 1.88 bits per heavy atom. The SMILES string of the molecule is CC(C)C(CN)C(=O)NN1C(C)CCCC1C. The zero-order valence-corrected chi connectivity index (χ0v) is 11.6. The van der Waals surface area contributed by atoms with Crippen LogP contribution in [0.4, 0.5) is 0 Å². The first-order chi connectivity index (χ1) is 7.97. The zero-order valence-electron chi connectivity index (χ0n) is 11.6. The fourth-order valence-electron chi connectivity index (χ4n) is 2.53. The van der Waals surface area contributed by atoms with Gasteiger partial charge in [0.25, 0.3) is 0 Å². The Balaban J connectivity index is 2.59. The molecule has 1 aliphatic rings. The average Bonchev–Trinajstić information content (AvgIpc) is 2.24. The van der Waals surface area contributed by atoms with E-state index in [9.17, 15) is 4.79 Å². The van der Waals surface area contributed by atoms with Crippen LogP contribution in [0.1, 0.15) is 47.0 Å². The lowest BCUT2D eigenvalue weighted by molar-refractivity contribution is -0.134. The van der Waals surface area contributed by atoms with Crippen LogP contribution in [-0.2, 0) is 4.79 Å². The van der Waals surface area contributed by atoms with Gasteiger partial charge in [0.2, 0.25) is 5.91 Å². The Kier molecular flexibility index (Phi) is 5.40. The van der Waals surface area contributed by atoms with Gasteiger partial charge in [-0.3, -0.25) is 10.2 Å². The number of carbonyl (C=O) groups excluding carboxylic acids is 1. The fraction of sp³-hybridized carbons (Fsp3) is 0.923. The van der Waals surface area contributed by atoms with Crippen molar-refractivity contribution in [3.63, 3.8) is 0 Å². The number of hydrazine groups is 1. The number of hydrogen-bond donors (Lipinski definition) is 2. The van der Waals surface area contributed by atoms with Crippen molar-refractivity contribution in [3.05, 3.63) is 0 Å². The Hall–Kier alpha value is -0.610. The molecule has 100 valence electrons. The lowest BCUT2D eigenvalue weighted by atomic mass is 9.95. The maximum absolute atomic E-state index is 12.1. The lowest BCUT2D eigenvalue weighted by Gasteiger charge is -2.39. The van der Waals surface area contributed by atoms with Crippen molar-refractivity contribution in [3.8, 4) is 0 Å². The first-order valence-electron chi connectivity index (χ1n) is 6.76. The molecule has 4 heteroatoms. The Bertz CT molecular complexity index is 245. The van der Waals surface area contributed by atoms with Crippen molar-refractivity contribution in [2.24, 2.45) is 17.6 Å². The summed E-state index contributed by atoms with van der Waals surface area (Å²) in [6.07, 6.45) is 3.55. The predicted octanol–water partition coefficient (Wildman–Crippen LogP) is 1.51. The number of amides is 1. The third-order valence-corrected chi connectivity index (χ3v) is 3.83. The van der Waals surface area contributed by atoms with Crippen LogP contribution >= 0.6 is 0 Å². The summed E-state index contributed by atoms with van der Waals surface area (Å²) in [5.74, 6) is 0.273. The first-order valence-corrected chi connectivity index (χ1v) is 6.76. The van der Waals surface area contributed by atoms with Crippen LogP contribution in [0, 0.1) is 11.8 Å². The summed E-state index contributed by atoms with van der Waals surface area (Å²) in [5.41, 5.74) is 8.73.